The van der Waals surface area contributed by atoms with Crippen LogP contribution >= 0.6 is 0 Å². The second-order valence-corrected chi connectivity index (χ2v) is 4.42. The number of amides is 2. The molecule has 0 aliphatic carbocycles. The fraction of sp³-hybridized carbons (Fsp3) is 0.462. The molecule has 1 aromatic carbocycles. The topological polar surface area (TPSA) is 70.6 Å². The molecule has 0 bridgehead atoms. The summed E-state index contributed by atoms with van der Waals surface area (Å²) >= 11 is 0. The molecular formula is C13H16F4N2O3. The van der Waals surface area contributed by atoms with E-state index in [-0.39, 0.29) is 13.2 Å². The molecule has 124 valence electrons. The molecule has 1 unspecified atom stereocenters. The van der Waals surface area contributed by atoms with E-state index in [9.17, 15) is 27.5 Å². The van der Waals surface area contributed by atoms with Gasteiger partial charge in [0.2, 0.25) is 0 Å². The number of carbonyl (C=O) groups is 1. The van der Waals surface area contributed by atoms with Gasteiger partial charge in [-0.3, -0.25) is 0 Å². The fourth-order valence-electron chi connectivity index (χ4n) is 1.37. The number of aliphatic hydroxyl groups excluding tert-OH is 1. The maximum Gasteiger partial charge on any atom is 0.390 e. The predicted octanol–water partition coefficient (Wildman–Crippen LogP) is 1.82. The number of urea groups is 1. The van der Waals surface area contributed by atoms with Crippen molar-refractivity contribution in [3.8, 4) is 5.75 Å². The van der Waals surface area contributed by atoms with Crippen LogP contribution < -0.4 is 15.4 Å². The molecule has 0 spiro atoms. The lowest BCUT2D eigenvalue weighted by Gasteiger charge is -2.14. The molecule has 0 aromatic heterocycles. The molecule has 22 heavy (non-hydrogen) atoms. The van der Waals surface area contributed by atoms with Gasteiger partial charge in [0.05, 0.1) is 6.42 Å². The Labute approximate surface area is 124 Å². The molecule has 1 aromatic rings. The van der Waals surface area contributed by atoms with Crippen molar-refractivity contribution < 1.29 is 32.2 Å². The van der Waals surface area contributed by atoms with E-state index in [0.29, 0.717) is 5.75 Å². The number of hydrogen-bond acceptors (Lipinski definition) is 3. The van der Waals surface area contributed by atoms with Crippen molar-refractivity contribution in [1.82, 2.24) is 10.6 Å². The minimum atomic E-state index is -4.34. The number of benzene rings is 1. The Morgan fingerprint density at radius 3 is 2.45 bits per heavy atom. The molecule has 5 nitrogen and oxygen atoms in total. The van der Waals surface area contributed by atoms with E-state index in [2.05, 4.69) is 5.32 Å². The van der Waals surface area contributed by atoms with Gasteiger partial charge in [0.15, 0.2) is 0 Å². The van der Waals surface area contributed by atoms with Gasteiger partial charge in [-0.05, 0) is 24.3 Å². The molecule has 2 amide bonds. The molecule has 0 fully saturated rings. The number of halogens is 4. The highest BCUT2D eigenvalue weighted by Gasteiger charge is 2.26. The number of ether oxygens (including phenoxy) is 1. The third-order valence-electron chi connectivity index (χ3n) is 2.45. The first-order valence-electron chi connectivity index (χ1n) is 6.41. The van der Waals surface area contributed by atoms with Gasteiger partial charge in [-0.2, -0.15) is 13.2 Å². The number of rotatable bonds is 7. The zero-order valence-electron chi connectivity index (χ0n) is 11.5. The zero-order chi connectivity index (χ0) is 16.6. The second kappa shape index (κ2) is 8.42. The number of aliphatic hydroxyl groups is 1. The minimum Gasteiger partial charge on any atom is -0.491 e. The van der Waals surface area contributed by atoms with Gasteiger partial charge in [0.1, 0.15) is 24.3 Å². The van der Waals surface area contributed by atoms with E-state index >= 15 is 0 Å². The van der Waals surface area contributed by atoms with Crippen molar-refractivity contribution in [3.05, 3.63) is 30.1 Å². The number of carbonyl (C=O) groups excluding carboxylic acids is 1. The first-order chi connectivity index (χ1) is 10.3. The van der Waals surface area contributed by atoms with E-state index in [1.165, 1.54) is 24.3 Å². The second-order valence-electron chi connectivity index (χ2n) is 4.42. The van der Waals surface area contributed by atoms with Crippen LogP contribution in [-0.2, 0) is 0 Å². The predicted molar refractivity (Wildman–Crippen MR) is 70.0 cm³/mol. The van der Waals surface area contributed by atoms with E-state index in [4.69, 9.17) is 4.74 Å². The van der Waals surface area contributed by atoms with Crippen LogP contribution in [0.5, 0.6) is 5.75 Å². The SMILES string of the molecule is O=C(NCCC(F)(F)F)NCC(O)COc1ccc(F)cc1. The monoisotopic (exact) mass is 324 g/mol. The van der Waals surface area contributed by atoms with Crippen LogP contribution in [0.1, 0.15) is 6.42 Å². The van der Waals surface area contributed by atoms with E-state index in [0.717, 1.165) is 0 Å². The van der Waals surface area contributed by atoms with Crippen molar-refractivity contribution in [2.45, 2.75) is 18.7 Å². The average Bonchev–Trinajstić information content (AvgIpc) is 2.43. The first kappa shape index (κ1) is 18.0. The third kappa shape index (κ3) is 8.30. The van der Waals surface area contributed by atoms with Crippen molar-refractivity contribution in [2.75, 3.05) is 19.7 Å². The maximum atomic E-state index is 12.6. The summed E-state index contributed by atoms with van der Waals surface area (Å²) in [7, 11) is 0. The molecule has 9 heteroatoms. The quantitative estimate of drug-likeness (QED) is 0.670. The van der Waals surface area contributed by atoms with Gasteiger partial charge in [-0.1, -0.05) is 0 Å². The Morgan fingerprint density at radius 2 is 1.86 bits per heavy atom. The minimum absolute atomic E-state index is 0.158. The van der Waals surface area contributed by atoms with Gasteiger partial charge in [-0.25, -0.2) is 9.18 Å². The first-order valence-corrected chi connectivity index (χ1v) is 6.41. The molecule has 0 aliphatic rings. The van der Waals surface area contributed by atoms with Crippen LogP contribution in [0.4, 0.5) is 22.4 Å². The standard InChI is InChI=1S/C13H16F4N2O3/c14-9-1-3-11(4-2-9)22-8-10(20)7-19-12(21)18-6-5-13(15,16)17/h1-4,10,20H,5-8H2,(H2,18,19,21). The van der Waals surface area contributed by atoms with Crippen LogP contribution in [-0.4, -0.2) is 43.1 Å². The largest absolute Gasteiger partial charge is 0.491 e. The van der Waals surface area contributed by atoms with Gasteiger partial charge < -0.3 is 20.5 Å². The summed E-state index contributed by atoms with van der Waals surface area (Å²) in [5.41, 5.74) is 0. The molecule has 1 atom stereocenters. The third-order valence-corrected chi connectivity index (χ3v) is 2.45. The Bertz CT molecular complexity index is 465. The van der Waals surface area contributed by atoms with Crippen LogP contribution in [0.25, 0.3) is 0 Å². The van der Waals surface area contributed by atoms with E-state index < -0.39 is 37.1 Å². The van der Waals surface area contributed by atoms with Gasteiger partial charge in [-0.15, -0.1) is 0 Å². The Balaban J connectivity index is 2.15. The molecule has 0 aliphatic heterocycles. The average molecular weight is 324 g/mol. The highest BCUT2D eigenvalue weighted by Crippen LogP contribution is 2.18. The summed E-state index contributed by atoms with van der Waals surface area (Å²) in [4.78, 5) is 11.2. The van der Waals surface area contributed by atoms with Crippen molar-refractivity contribution >= 4 is 6.03 Å². The summed E-state index contributed by atoms with van der Waals surface area (Å²) in [5, 5.41) is 13.8. The molecule has 0 heterocycles. The Hall–Kier alpha value is -2.03. The van der Waals surface area contributed by atoms with Crippen molar-refractivity contribution in [2.24, 2.45) is 0 Å². The molecule has 1 rings (SSSR count). The van der Waals surface area contributed by atoms with Gasteiger partial charge in [0, 0.05) is 13.1 Å². The summed E-state index contributed by atoms with van der Waals surface area (Å²) in [6.07, 6.45) is -6.52. The van der Waals surface area contributed by atoms with Crippen LogP contribution in [0.2, 0.25) is 0 Å². The fourth-order valence-corrected chi connectivity index (χ4v) is 1.37. The molecule has 0 radical (unpaired) electrons. The van der Waals surface area contributed by atoms with Crippen LogP contribution in [0.3, 0.4) is 0 Å². The van der Waals surface area contributed by atoms with Crippen molar-refractivity contribution in [1.29, 1.82) is 0 Å². The Morgan fingerprint density at radius 1 is 1.23 bits per heavy atom. The number of hydrogen-bond donors (Lipinski definition) is 3. The van der Waals surface area contributed by atoms with Crippen molar-refractivity contribution in [3.63, 3.8) is 0 Å². The molecule has 3 N–H and O–H groups in total. The summed E-state index contributed by atoms with van der Waals surface area (Å²) in [6.45, 7) is -0.898. The summed E-state index contributed by atoms with van der Waals surface area (Å²) in [5.74, 6) is -0.0832. The highest BCUT2D eigenvalue weighted by molar-refractivity contribution is 5.73. The lowest BCUT2D eigenvalue weighted by molar-refractivity contribution is -0.132. The normalized spacial score (nSPS) is 12.6. The smallest absolute Gasteiger partial charge is 0.390 e. The lowest BCUT2D eigenvalue weighted by Crippen LogP contribution is -2.42. The molecular weight excluding hydrogens is 308 g/mol. The van der Waals surface area contributed by atoms with Gasteiger partial charge >= 0.3 is 12.2 Å². The van der Waals surface area contributed by atoms with Crippen LogP contribution in [0.15, 0.2) is 24.3 Å². The van der Waals surface area contributed by atoms with E-state index in [1.807, 2.05) is 5.32 Å². The molecule has 0 saturated heterocycles. The van der Waals surface area contributed by atoms with Crippen LogP contribution in [0, 0.1) is 5.82 Å². The summed E-state index contributed by atoms with van der Waals surface area (Å²) < 4.78 is 53.3. The lowest BCUT2D eigenvalue weighted by atomic mass is 10.3. The van der Waals surface area contributed by atoms with Gasteiger partial charge in [0.25, 0.3) is 0 Å². The molecule has 0 saturated carbocycles. The highest BCUT2D eigenvalue weighted by atomic mass is 19.4. The number of alkyl halides is 3. The number of nitrogens with one attached hydrogen (secondary N) is 2. The zero-order valence-corrected chi connectivity index (χ0v) is 11.5. The maximum absolute atomic E-state index is 12.6. The Kier molecular flexibility index (Phi) is 6.90. The summed E-state index contributed by atoms with van der Waals surface area (Å²) in [6, 6.07) is 4.31. The van der Waals surface area contributed by atoms with E-state index in [1.54, 1.807) is 0 Å².